The van der Waals surface area contributed by atoms with E-state index in [0.717, 1.165) is 5.56 Å². The molecule has 154 valence electrons. The molecule has 2 aromatic rings. The highest BCUT2D eigenvalue weighted by molar-refractivity contribution is 5.99. The molecule has 0 radical (unpaired) electrons. The van der Waals surface area contributed by atoms with E-state index < -0.39 is 5.91 Å². The van der Waals surface area contributed by atoms with Gasteiger partial charge in [-0.3, -0.25) is 14.4 Å². The van der Waals surface area contributed by atoms with Crippen molar-refractivity contribution in [2.45, 2.75) is 13.5 Å². The summed E-state index contributed by atoms with van der Waals surface area (Å²) in [5.41, 5.74) is 1.82. The molecule has 29 heavy (non-hydrogen) atoms. The first-order chi connectivity index (χ1) is 13.8. The number of carbonyl (C=O) groups excluding carboxylic acids is 3. The van der Waals surface area contributed by atoms with Gasteiger partial charge in [0.25, 0.3) is 5.91 Å². The second-order valence-corrected chi connectivity index (χ2v) is 6.38. The molecule has 0 spiro atoms. The van der Waals surface area contributed by atoms with Crippen LogP contribution in [0.2, 0.25) is 0 Å². The van der Waals surface area contributed by atoms with Gasteiger partial charge in [-0.15, -0.1) is 0 Å². The van der Waals surface area contributed by atoms with Crippen molar-refractivity contribution in [3.8, 4) is 11.5 Å². The molecule has 0 fully saturated rings. The molecule has 2 N–H and O–H groups in total. The van der Waals surface area contributed by atoms with Crippen molar-refractivity contribution in [2.75, 3.05) is 33.1 Å². The minimum absolute atomic E-state index is 0.0442. The van der Waals surface area contributed by atoms with Crippen LogP contribution < -0.4 is 20.1 Å². The van der Waals surface area contributed by atoms with E-state index in [-0.39, 0.29) is 18.4 Å². The first-order valence-electron chi connectivity index (χ1n) is 8.94. The molecule has 2 rings (SSSR count). The SMILES string of the molecule is COc1ccc(C(=O)NCC(=O)Nc2cccc(CN(C)C(C)=O)c2)cc1OC. The Kier molecular flexibility index (Phi) is 7.59. The predicted octanol–water partition coefficient (Wildman–Crippen LogP) is 2.05. The highest BCUT2D eigenvalue weighted by Crippen LogP contribution is 2.27. The average Bonchev–Trinajstić information content (AvgIpc) is 2.71. The van der Waals surface area contributed by atoms with Gasteiger partial charge in [0.2, 0.25) is 11.8 Å². The Balaban J connectivity index is 1.93. The Hall–Kier alpha value is -3.55. The van der Waals surface area contributed by atoms with Gasteiger partial charge in [-0.05, 0) is 35.9 Å². The molecule has 0 saturated carbocycles. The monoisotopic (exact) mass is 399 g/mol. The summed E-state index contributed by atoms with van der Waals surface area (Å²) < 4.78 is 10.3. The zero-order valence-corrected chi connectivity index (χ0v) is 16.9. The number of methoxy groups -OCH3 is 2. The maximum Gasteiger partial charge on any atom is 0.251 e. The topological polar surface area (TPSA) is 97.0 Å². The highest BCUT2D eigenvalue weighted by atomic mass is 16.5. The summed E-state index contributed by atoms with van der Waals surface area (Å²) in [6.07, 6.45) is 0. The Bertz CT molecular complexity index is 898. The van der Waals surface area contributed by atoms with Crippen molar-refractivity contribution in [1.82, 2.24) is 10.2 Å². The third kappa shape index (κ3) is 6.24. The van der Waals surface area contributed by atoms with Crippen LogP contribution in [0.25, 0.3) is 0 Å². The average molecular weight is 399 g/mol. The number of nitrogens with zero attached hydrogens (tertiary/aromatic N) is 1. The molecule has 0 aliphatic carbocycles. The molecule has 0 bridgehead atoms. The Morgan fingerprint density at radius 2 is 1.72 bits per heavy atom. The van der Waals surface area contributed by atoms with E-state index in [1.807, 2.05) is 6.07 Å². The fourth-order valence-corrected chi connectivity index (χ4v) is 2.58. The molecule has 3 amide bonds. The quantitative estimate of drug-likeness (QED) is 0.708. The zero-order chi connectivity index (χ0) is 21.4. The first kappa shape index (κ1) is 21.7. The van der Waals surface area contributed by atoms with Crippen molar-refractivity contribution in [2.24, 2.45) is 0 Å². The summed E-state index contributed by atoms with van der Waals surface area (Å²) in [7, 11) is 4.70. The van der Waals surface area contributed by atoms with Crippen LogP contribution in [0.15, 0.2) is 42.5 Å². The number of anilines is 1. The molecule has 0 heterocycles. The number of nitrogens with one attached hydrogen (secondary N) is 2. The van der Waals surface area contributed by atoms with E-state index in [1.165, 1.54) is 21.1 Å². The third-order valence-electron chi connectivity index (χ3n) is 4.22. The predicted molar refractivity (Wildman–Crippen MR) is 109 cm³/mol. The van der Waals surface area contributed by atoms with Crippen LogP contribution in [0.3, 0.4) is 0 Å². The maximum absolute atomic E-state index is 12.3. The van der Waals surface area contributed by atoms with Crippen molar-refractivity contribution in [3.63, 3.8) is 0 Å². The van der Waals surface area contributed by atoms with Gasteiger partial charge >= 0.3 is 0 Å². The Labute approximate surface area is 169 Å². The van der Waals surface area contributed by atoms with Crippen molar-refractivity contribution in [1.29, 1.82) is 0 Å². The first-order valence-corrected chi connectivity index (χ1v) is 8.94. The summed E-state index contributed by atoms with van der Waals surface area (Å²) in [5, 5.41) is 5.30. The van der Waals surface area contributed by atoms with E-state index in [9.17, 15) is 14.4 Å². The number of rotatable bonds is 8. The summed E-state index contributed by atoms with van der Waals surface area (Å²) in [6, 6.07) is 11.9. The van der Waals surface area contributed by atoms with Gasteiger partial charge in [0, 0.05) is 31.8 Å². The molecule has 0 aromatic heterocycles. The molecule has 0 atom stereocenters. The fraction of sp³-hybridized carbons (Fsp3) is 0.286. The van der Waals surface area contributed by atoms with Gasteiger partial charge in [0.05, 0.1) is 20.8 Å². The lowest BCUT2D eigenvalue weighted by molar-refractivity contribution is -0.128. The smallest absolute Gasteiger partial charge is 0.251 e. The van der Waals surface area contributed by atoms with Crippen LogP contribution in [-0.2, 0) is 16.1 Å². The number of carbonyl (C=O) groups is 3. The number of hydrogen-bond donors (Lipinski definition) is 2. The second-order valence-electron chi connectivity index (χ2n) is 6.38. The van der Waals surface area contributed by atoms with Gasteiger partial charge in [-0.25, -0.2) is 0 Å². The van der Waals surface area contributed by atoms with Crippen LogP contribution >= 0.6 is 0 Å². The molecule has 0 aliphatic heterocycles. The van der Waals surface area contributed by atoms with E-state index in [1.54, 1.807) is 48.3 Å². The lowest BCUT2D eigenvalue weighted by atomic mass is 10.2. The van der Waals surface area contributed by atoms with Crippen LogP contribution in [0.5, 0.6) is 11.5 Å². The lowest BCUT2D eigenvalue weighted by Gasteiger charge is -2.15. The van der Waals surface area contributed by atoms with Gasteiger partial charge in [0.15, 0.2) is 11.5 Å². The van der Waals surface area contributed by atoms with E-state index in [0.29, 0.717) is 29.3 Å². The van der Waals surface area contributed by atoms with Gasteiger partial charge in [-0.1, -0.05) is 12.1 Å². The summed E-state index contributed by atoms with van der Waals surface area (Å²) in [6.45, 7) is 1.74. The van der Waals surface area contributed by atoms with Crippen LogP contribution in [0, 0.1) is 0 Å². The number of hydrogen-bond acceptors (Lipinski definition) is 5. The van der Waals surface area contributed by atoms with Gasteiger partial charge < -0.3 is 25.0 Å². The number of amides is 3. The zero-order valence-electron chi connectivity index (χ0n) is 16.9. The van der Waals surface area contributed by atoms with Crippen molar-refractivity contribution >= 4 is 23.4 Å². The van der Waals surface area contributed by atoms with Gasteiger partial charge in [0.1, 0.15) is 0 Å². The van der Waals surface area contributed by atoms with E-state index in [4.69, 9.17) is 9.47 Å². The maximum atomic E-state index is 12.3. The molecule has 0 unspecified atom stereocenters. The number of ether oxygens (including phenoxy) is 2. The van der Waals surface area contributed by atoms with Crippen molar-refractivity contribution < 1.29 is 23.9 Å². The molecule has 0 aliphatic rings. The molecular weight excluding hydrogens is 374 g/mol. The fourth-order valence-electron chi connectivity index (χ4n) is 2.58. The van der Waals surface area contributed by atoms with Crippen LogP contribution in [0.4, 0.5) is 5.69 Å². The molecule has 8 heteroatoms. The van der Waals surface area contributed by atoms with E-state index >= 15 is 0 Å². The molecule has 0 saturated heterocycles. The molecular formula is C21H25N3O5. The second kappa shape index (κ2) is 10.1. The minimum atomic E-state index is -0.405. The van der Waals surface area contributed by atoms with E-state index in [2.05, 4.69) is 10.6 Å². The Morgan fingerprint density at radius 1 is 1.00 bits per heavy atom. The van der Waals surface area contributed by atoms with Crippen LogP contribution in [0.1, 0.15) is 22.8 Å². The molecule has 2 aromatic carbocycles. The lowest BCUT2D eigenvalue weighted by Crippen LogP contribution is -2.32. The molecule has 8 nitrogen and oxygen atoms in total. The summed E-state index contributed by atoms with van der Waals surface area (Å²) in [4.78, 5) is 37.4. The minimum Gasteiger partial charge on any atom is -0.493 e. The largest absolute Gasteiger partial charge is 0.493 e. The Morgan fingerprint density at radius 3 is 2.38 bits per heavy atom. The van der Waals surface area contributed by atoms with Gasteiger partial charge in [-0.2, -0.15) is 0 Å². The standard InChI is InChI=1S/C21H25N3O5/c1-14(25)24(2)13-15-6-5-7-17(10-15)23-20(26)12-22-21(27)16-8-9-18(28-3)19(11-16)29-4/h5-11H,12-13H2,1-4H3,(H,22,27)(H,23,26). The summed E-state index contributed by atoms with van der Waals surface area (Å²) in [5.74, 6) is 0.125. The normalized spacial score (nSPS) is 10.1. The van der Waals surface area contributed by atoms with Crippen LogP contribution in [-0.4, -0.2) is 50.4 Å². The number of benzene rings is 2. The third-order valence-corrected chi connectivity index (χ3v) is 4.22. The van der Waals surface area contributed by atoms with Crippen molar-refractivity contribution in [3.05, 3.63) is 53.6 Å². The highest BCUT2D eigenvalue weighted by Gasteiger charge is 2.12. The summed E-state index contributed by atoms with van der Waals surface area (Å²) >= 11 is 0.